The normalized spacial score (nSPS) is 10.9. The standard InChI is InChI=1S/C14H25N3/c1-5-8-17(4)14-6-7-15-10-13(14)11-16-9-12(2)3/h6-7,10,12,16H,5,8-9,11H2,1-4H3. The van der Waals surface area contributed by atoms with Crippen LogP contribution in [0.2, 0.25) is 0 Å². The summed E-state index contributed by atoms with van der Waals surface area (Å²) in [5.41, 5.74) is 2.57. The van der Waals surface area contributed by atoms with Crippen molar-refractivity contribution in [2.45, 2.75) is 33.7 Å². The van der Waals surface area contributed by atoms with E-state index in [1.54, 1.807) is 0 Å². The van der Waals surface area contributed by atoms with Crippen LogP contribution in [0.5, 0.6) is 0 Å². The Morgan fingerprint density at radius 1 is 1.41 bits per heavy atom. The SMILES string of the molecule is CCCN(C)c1ccncc1CNCC(C)C. The van der Waals surface area contributed by atoms with E-state index in [0.29, 0.717) is 5.92 Å². The molecule has 0 aliphatic carbocycles. The molecule has 0 saturated heterocycles. The molecule has 1 rings (SSSR count). The zero-order chi connectivity index (χ0) is 12.7. The molecule has 0 aromatic carbocycles. The van der Waals surface area contributed by atoms with Gasteiger partial charge in [-0.1, -0.05) is 20.8 Å². The second-order valence-electron chi connectivity index (χ2n) is 4.95. The summed E-state index contributed by atoms with van der Waals surface area (Å²) in [6, 6.07) is 2.10. The first-order valence-corrected chi connectivity index (χ1v) is 6.49. The minimum absolute atomic E-state index is 0.684. The molecule has 0 saturated carbocycles. The van der Waals surface area contributed by atoms with Crippen molar-refractivity contribution in [2.75, 3.05) is 25.0 Å². The lowest BCUT2D eigenvalue weighted by Gasteiger charge is -2.21. The van der Waals surface area contributed by atoms with Gasteiger partial charge in [-0.05, 0) is 24.9 Å². The summed E-state index contributed by atoms with van der Waals surface area (Å²) in [6.45, 7) is 9.68. The zero-order valence-electron chi connectivity index (χ0n) is 11.5. The molecular weight excluding hydrogens is 210 g/mol. The van der Waals surface area contributed by atoms with E-state index in [4.69, 9.17) is 0 Å². The molecule has 3 heteroatoms. The fourth-order valence-corrected chi connectivity index (χ4v) is 1.88. The maximum atomic E-state index is 4.22. The Kier molecular flexibility index (Phi) is 5.98. The molecule has 0 spiro atoms. The average molecular weight is 235 g/mol. The van der Waals surface area contributed by atoms with Gasteiger partial charge in [0.05, 0.1) is 0 Å². The van der Waals surface area contributed by atoms with Gasteiger partial charge in [0.1, 0.15) is 0 Å². The number of pyridine rings is 1. The Morgan fingerprint density at radius 3 is 2.82 bits per heavy atom. The van der Waals surface area contributed by atoms with Gasteiger partial charge in [0, 0.05) is 43.8 Å². The van der Waals surface area contributed by atoms with E-state index >= 15 is 0 Å². The van der Waals surface area contributed by atoms with Crippen molar-refractivity contribution in [3.8, 4) is 0 Å². The van der Waals surface area contributed by atoms with Crippen LogP contribution in [-0.4, -0.2) is 25.1 Å². The predicted molar refractivity (Wildman–Crippen MR) is 74.3 cm³/mol. The summed E-state index contributed by atoms with van der Waals surface area (Å²) in [6.07, 6.45) is 5.00. The molecule has 0 aliphatic rings. The Morgan fingerprint density at radius 2 is 2.18 bits per heavy atom. The fraction of sp³-hybridized carbons (Fsp3) is 0.643. The molecule has 1 N–H and O–H groups in total. The Balaban J connectivity index is 2.63. The highest BCUT2D eigenvalue weighted by atomic mass is 15.1. The lowest BCUT2D eigenvalue weighted by molar-refractivity contribution is 0.551. The van der Waals surface area contributed by atoms with Crippen LogP contribution in [0.15, 0.2) is 18.5 Å². The lowest BCUT2D eigenvalue weighted by Crippen LogP contribution is -2.23. The van der Waals surface area contributed by atoms with Gasteiger partial charge in [-0.15, -0.1) is 0 Å². The molecule has 0 atom stereocenters. The summed E-state index contributed by atoms with van der Waals surface area (Å²) in [5.74, 6) is 0.684. The molecular formula is C14H25N3. The van der Waals surface area contributed by atoms with Crippen LogP contribution in [0.4, 0.5) is 5.69 Å². The highest BCUT2D eigenvalue weighted by Crippen LogP contribution is 2.17. The summed E-state index contributed by atoms with van der Waals surface area (Å²) >= 11 is 0. The number of aromatic nitrogens is 1. The second-order valence-corrected chi connectivity index (χ2v) is 4.95. The summed E-state index contributed by atoms with van der Waals surface area (Å²) in [5, 5.41) is 3.47. The van der Waals surface area contributed by atoms with Crippen molar-refractivity contribution in [3.05, 3.63) is 24.0 Å². The molecule has 0 unspecified atom stereocenters. The van der Waals surface area contributed by atoms with Crippen LogP contribution in [0, 0.1) is 5.92 Å². The van der Waals surface area contributed by atoms with Gasteiger partial charge in [0.25, 0.3) is 0 Å². The highest BCUT2D eigenvalue weighted by Gasteiger charge is 2.06. The summed E-state index contributed by atoms with van der Waals surface area (Å²) in [7, 11) is 2.14. The Labute approximate surface area is 105 Å². The van der Waals surface area contributed by atoms with Gasteiger partial charge in [-0.2, -0.15) is 0 Å². The monoisotopic (exact) mass is 235 g/mol. The van der Waals surface area contributed by atoms with Crippen molar-refractivity contribution in [2.24, 2.45) is 5.92 Å². The third-order valence-corrected chi connectivity index (χ3v) is 2.72. The molecule has 1 aromatic heterocycles. The van der Waals surface area contributed by atoms with Crippen molar-refractivity contribution in [3.63, 3.8) is 0 Å². The van der Waals surface area contributed by atoms with Crippen LogP contribution in [0.25, 0.3) is 0 Å². The highest BCUT2D eigenvalue weighted by molar-refractivity contribution is 5.51. The molecule has 0 bridgehead atoms. The predicted octanol–water partition coefficient (Wildman–Crippen LogP) is 2.67. The van der Waals surface area contributed by atoms with E-state index in [1.807, 2.05) is 12.4 Å². The summed E-state index contributed by atoms with van der Waals surface area (Å²) in [4.78, 5) is 6.52. The van der Waals surface area contributed by atoms with Gasteiger partial charge in [-0.3, -0.25) is 4.98 Å². The average Bonchev–Trinajstić information content (AvgIpc) is 2.29. The van der Waals surface area contributed by atoms with Crippen LogP contribution in [0.3, 0.4) is 0 Å². The minimum Gasteiger partial charge on any atom is -0.374 e. The van der Waals surface area contributed by atoms with Crippen molar-refractivity contribution < 1.29 is 0 Å². The number of hydrogen-bond donors (Lipinski definition) is 1. The fourth-order valence-electron chi connectivity index (χ4n) is 1.88. The molecule has 1 aromatic rings. The number of nitrogens with zero attached hydrogens (tertiary/aromatic N) is 2. The van der Waals surface area contributed by atoms with Crippen LogP contribution in [0.1, 0.15) is 32.8 Å². The number of rotatable bonds is 7. The van der Waals surface area contributed by atoms with E-state index in [0.717, 1.165) is 26.1 Å². The van der Waals surface area contributed by atoms with E-state index < -0.39 is 0 Å². The van der Waals surface area contributed by atoms with Crippen molar-refractivity contribution in [1.82, 2.24) is 10.3 Å². The maximum absolute atomic E-state index is 4.22. The third-order valence-electron chi connectivity index (χ3n) is 2.72. The number of anilines is 1. The first-order chi connectivity index (χ1) is 8.15. The molecule has 96 valence electrons. The van der Waals surface area contributed by atoms with Crippen molar-refractivity contribution >= 4 is 5.69 Å². The van der Waals surface area contributed by atoms with E-state index in [2.05, 4.69) is 49.1 Å². The van der Waals surface area contributed by atoms with Gasteiger partial charge in [0.15, 0.2) is 0 Å². The van der Waals surface area contributed by atoms with Gasteiger partial charge >= 0.3 is 0 Å². The van der Waals surface area contributed by atoms with Gasteiger partial charge < -0.3 is 10.2 Å². The van der Waals surface area contributed by atoms with Crippen LogP contribution >= 0.6 is 0 Å². The maximum Gasteiger partial charge on any atom is 0.0440 e. The van der Waals surface area contributed by atoms with E-state index in [-0.39, 0.29) is 0 Å². The van der Waals surface area contributed by atoms with E-state index in [9.17, 15) is 0 Å². The first-order valence-electron chi connectivity index (χ1n) is 6.49. The summed E-state index contributed by atoms with van der Waals surface area (Å²) < 4.78 is 0. The number of nitrogens with one attached hydrogen (secondary N) is 1. The van der Waals surface area contributed by atoms with Crippen LogP contribution in [-0.2, 0) is 6.54 Å². The molecule has 0 amide bonds. The first kappa shape index (κ1) is 14.0. The van der Waals surface area contributed by atoms with Gasteiger partial charge in [0.2, 0.25) is 0 Å². The minimum atomic E-state index is 0.684. The molecule has 17 heavy (non-hydrogen) atoms. The van der Waals surface area contributed by atoms with E-state index in [1.165, 1.54) is 11.3 Å². The zero-order valence-corrected chi connectivity index (χ0v) is 11.5. The Bertz CT molecular complexity index is 323. The van der Waals surface area contributed by atoms with Gasteiger partial charge in [-0.25, -0.2) is 0 Å². The molecule has 3 nitrogen and oxygen atoms in total. The van der Waals surface area contributed by atoms with Crippen LogP contribution < -0.4 is 10.2 Å². The molecule has 0 fully saturated rings. The number of hydrogen-bond acceptors (Lipinski definition) is 3. The second kappa shape index (κ2) is 7.28. The topological polar surface area (TPSA) is 28.2 Å². The molecule has 0 radical (unpaired) electrons. The van der Waals surface area contributed by atoms with Crippen molar-refractivity contribution in [1.29, 1.82) is 0 Å². The molecule has 0 aliphatic heterocycles. The Hall–Kier alpha value is -1.09. The molecule has 1 heterocycles. The third kappa shape index (κ3) is 4.73. The smallest absolute Gasteiger partial charge is 0.0440 e. The lowest BCUT2D eigenvalue weighted by atomic mass is 10.2. The quantitative estimate of drug-likeness (QED) is 0.787. The largest absolute Gasteiger partial charge is 0.374 e.